The van der Waals surface area contributed by atoms with Crippen LogP contribution in [0.1, 0.15) is 35.4 Å². The lowest BCUT2D eigenvalue weighted by Gasteiger charge is -2.30. The zero-order valence-corrected chi connectivity index (χ0v) is 16.4. The van der Waals surface area contributed by atoms with Crippen LogP contribution in [0.15, 0.2) is 41.9 Å². The maximum absolute atomic E-state index is 5.58. The Morgan fingerprint density at radius 1 is 1.27 bits per heavy atom. The van der Waals surface area contributed by atoms with Crippen molar-refractivity contribution in [3.8, 4) is 5.75 Å². The van der Waals surface area contributed by atoms with Crippen LogP contribution in [0.5, 0.6) is 5.75 Å². The van der Waals surface area contributed by atoms with E-state index in [4.69, 9.17) is 4.74 Å². The molecule has 0 spiro atoms. The topological polar surface area (TPSA) is 25.4 Å². The van der Waals surface area contributed by atoms with Gasteiger partial charge in [0.05, 0.1) is 22.8 Å². The average Bonchev–Trinajstić information content (AvgIpc) is 3.14. The first-order chi connectivity index (χ1) is 12.7. The number of aromatic nitrogens is 1. The van der Waals surface area contributed by atoms with Gasteiger partial charge in [-0.3, -0.25) is 0 Å². The summed E-state index contributed by atoms with van der Waals surface area (Å²) in [6.45, 7) is 2.20. The molecule has 4 rings (SSSR count). The van der Waals surface area contributed by atoms with Gasteiger partial charge in [-0.2, -0.15) is 0 Å². The van der Waals surface area contributed by atoms with Crippen LogP contribution in [-0.4, -0.2) is 37.1 Å². The number of benzene rings is 2. The lowest BCUT2D eigenvalue weighted by Crippen LogP contribution is -2.28. The fourth-order valence-electron chi connectivity index (χ4n) is 4.14. The van der Waals surface area contributed by atoms with Gasteiger partial charge in [0.1, 0.15) is 5.75 Å². The molecule has 1 aliphatic rings. The Bertz CT molecular complexity index is 889. The zero-order chi connectivity index (χ0) is 17.9. The van der Waals surface area contributed by atoms with Gasteiger partial charge < -0.3 is 9.64 Å². The van der Waals surface area contributed by atoms with Crippen molar-refractivity contribution in [3.63, 3.8) is 0 Å². The van der Waals surface area contributed by atoms with E-state index in [1.807, 2.05) is 5.51 Å². The molecule has 1 heterocycles. The van der Waals surface area contributed by atoms with Crippen LogP contribution in [0.25, 0.3) is 10.2 Å². The number of nitrogens with zero attached hydrogens (tertiary/aromatic N) is 2. The highest BCUT2D eigenvalue weighted by atomic mass is 32.1. The van der Waals surface area contributed by atoms with E-state index in [0.717, 1.165) is 37.2 Å². The minimum absolute atomic E-state index is 0.614. The molecule has 0 saturated carbocycles. The molecular formula is C22H26N2OS. The summed E-state index contributed by atoms with van der Waals surface area (Å²) in [6, 6.07) is 13.2. The van der Waals surface area contributed by atoms with Crippen LogP contribution in [0.3, 0.4) is 0 Å². The van der Waals surface area contributed by atoms with Crippen molar-refractivity contribution in [2.45, 2.75) is 31.6 Å². The number of fused-ring (bicyclic) bond motifs is 2. The molecule has 0 N–H and O–H groups in total. The Hall–Kier alpha value is -1.91. The third kappa shape index (κ3) is 3.62. The van der Waals surface area contributed by atoms with Gasteiger partial charge in [0.15, 0.2) is 0 Å². The molecule has 2 aromatic carbocycles. The van der Waals surface area contributed by atoms with E-state index < -0.39 is 0 Å². The summed E-state index contributed by atoms with van der Waals surface area (Å²) in [5.74, 6) is 1.68. The lowest BCUT2D eigenvalue weighted by molar-refractivity contribution is 0.299. The molecule has 0 bridgehead atoms. The van der Waals surface area contributed by atoms with Crippen molar-refractivity contribution in [1.82, 2.24) is 9.88 Å². The molecule has 3 aromatic rings. The van der Waals surface area contributed by atoms with Crippen molar-refractivity contribution in [2.24, 2.45) is 0 Å². The molecule has 136 valence electrons. The van der Waals surface area contributed by atoms with Crippen LogP contribution in [0, 0.1) is 0 Å². The van der Waals surface area contributed by atoms with E-state index in [9.17, 15) is 0 Å². The first kappa shape index (κ1) is 17.5. The molecule has 0 aliphatic heterocycles. The summed E-state index contributed by atoms with van der Waals surface area (Å²) in [6.07, 6.45) is 4.77. The highest BCUT2D eigenvalue weighted by Crippen LogP contribution is 2.36. The second kappa shape index (κ2) is 7.77. The standard InChI is InChI=1S/C22H26N2OS/c1-24(12-11-16-9-10-20-22(13-16)26-15-23-20)14-17-5-3-7-19-18(17)6-4-8-21(19)25-2/h4,6,8-10,13,15,17H,3,5,7,11-12,14H2,1-2H3/t17-/m0/s1. The van der Waals surface area contributed by atoms with Crippen LogP contribution in [0.2, 0.25) is 0 Å². The summed E-state index contributed by atoms with van der Waals surface area (Å²) in [4.78, 5) is 6.85. The number of methoxy groups -OCH3 is 1. The Labute approximate surface area is 159 Å². The number of likely N-dealkylation sites (N-methyl/N-ethyl adjacent to an activating group) is 1. The average molecular weight is 367 g/mol. The van der Waals surface area contributed by atoms with Crippen molar-refractivity contribution in [3.05, 3.63) is 58.6 Å². The Balaban J connectivity index is 1.40. The van der Waals surface area contributed by atoms with Crippen molar-refractivity contribution >= 4 is 21.6 Å². The highest BCUT2D eigenvalue weighted by Gasteiger charge is 2.23. The van der Waals surface area contributed by atoms with Gasteiger partial charge >= 0.3 is 0 Å². The third-order valence-electron chi connectivity index (χ3n) is 5.52. The maximum atomic E-state index is 5.58. The molecule has 3 nitrogen and oxygen atoms in total. The minimum Gasteiger partial charge on any atom is -0.496 e. The summed E-state index contributed by atoms with van der Waals surface area (Å²) in [7, 11) is 4.03. The van der Waals surface area contributed by atoms with Crippen LogP contribution < -0.4 is 4.74 Å². The van der Waals surface area contributed by atoms with E-state index in [1.54, 1.807) is 18.4 Å². The SMILES string of the molecule is COc1cccc2c1CCC[C@H]2CN(C)CCc1ccc2ncsc2c1. The highest BCUT2D eigenvalue weighted by molar-refractivity contribution is 7.16. The molecule has 0 fully saturated rings. The van der Waals surface area contributed by atoms with Gasteiger partial charge in [-0.1, -0.05) is 18.2 Å². The summed E-state index contributed by atoms with van der Waals surface area (Å²) < 4.78 is 6.87. The van der Waals surface area contributed by atoms with Crippen molar-refractivity contribution in [2.75, 3.05) is 27.2 Å². The molecular weight excluding hydrogens is 340 g/mol. The van der Waals surface area contributed by atoms with Gasteiger partial charge in [-0.05, 0) is 73.5 Å². The monoisotopic (exact) mass is 366 g/mol. The fourth-order valence-corrected chi connectivity index (χ4v) is 4.88. The van der Waals surface area contributed by atoms with E-state index in [0.29, 0.717) is 5.92 Å². The summed E-state index contributed by atoms with van der Waals surface area (Å²) >= 11 is 1.72. The molecule has 1 aromatic heterocycles. The Morgan fingerprint density at radius 3 is 3.08 bits per heavy atom. The second-order valence-corrected chi connectivity index (χ2v) is 8.17. The first-order valence-corrected chi connectivity index (χ1v) is 10.3. The van der Waals surface area contributed by atoms with E-state index in [1.165, 1.54) is 34.2 Å². The molecule has 4 heteroatoms. The van der Waals surface area contributed by atoms with Crippen LogP contribution in [-0.2, 0) is 12.8 Å². The fraction of sp³-hybridized carbons (Fsp3) is 0.409. The van der Waals surface area contributed by atoms with E-state index in [2.05, 4.69) is 53.3 Å². The number of thiazole rings is 1. The Kier molecular flexibility index (Phi) is 5.23. The predicted molar refractivity (Wildman–Crippen MR) is 109 cm³/mol. The van der Waals surface area contributed by atoms with E-state index >= 15 is 0 Å². The summed E-state index contributed by atoms with van der Waals surface area (Å²) in [5.41, 5.74) is 7.36. The van der Waals surface area contributed by atoms with Crippen molar-refractivity contribution in [1.29, 1.82) is 0 Å². The molecule has 0 amide bonds. The van der Waals surface area contributed by atoms with Crippen LogP contribution in [0.4, 0.5) is 0 Å². The quantitative estimate of drug-likeness (QED) is 0.620. The Morgan fingerprint density at radius 2 is 2.19 bits per heavy atom. The van der Waals surface area contributed by atoms with Crippen molar-refractivity contribution < 1.29 is 4.74 Å². The smallest absolute Gasteiger partial charge is 0.122 e. The molecule has 0 radical (unpaired) electrons. The predicted octanol–water partition coefficient (Wildman–Crippen LogP) is 4.90. The molecule has 0 saturated heterocycles. The molecule has 0 unspecified atom stereocenters. The first-order valence-electron chi connectivity index (χ1n) is 9.41. The number of rotatable bonds is 6. The lowest BCUT2D eigenvalue weighted by atomic mass is 9.82. The summed E-state index contributed by atoms with van der Waals surface area (Å²) in [5, 5.41) is 0. The number of ether oxygens (including phenoxy) is 1. The zero-order valence-electron chi connectivity index (χ0n) is 15.6. The van der Waals surface area contributed by atoms with Gasteiger partial charge in [0, 0.05) is 13.1 Å². The largest absolute Gasteiger partial charge is 0.496 e. The normalized spacial score (nSPS) is 16.8. The van der Waals surface area contributed by atoms with Gasteiger partial charge in [0.2, 0.25) is 0 Å². The van der Waals surface area contributed by atoms with E-state index in [-0.39, 0.29) is 0 Å². The van der Waals surface area contributed by atoms with Gasteiger partial charge in [0.25, 0.3) is 0 Å². The third-order valence-corrected chi connectivity index (χ3v) is 6.31. The van der Waals surface area contributed by atoms with Gasteiger partial charge in [-0.25, -0.2) is 4.98 Å². The van der Waals surface area contributed by atoms with Crippen LogP contribution >= 0.6 is 11.3 Å². The second-order valence-electron chi connectivity index (χ2n) is 7.28. The maximum Gasteiger partial charge on any atom is 0.122 e. The van der Waals surface area contributed by atoms with Gasteiger partial charge in [-0.15, -0.1) is 11.3 Å². The molecule has 1 atom stereocenters. The number of hydrogen-bond acceptors (Lipinski definition) is 4. The minimum atomic E-state index is 0.614. The number of hydrogen-bond donors (Lipinski definition) is 0. The molecule has 1 aliphatic carbocycles. The molecule has 26 heavy (non-hydrogen) atoms.